The van der Waals surface area contributed by atoms with Crippen LogP contribution in [0.15, 0.2) is 48.5 Å². The van der Waals surface area contributed by atoms with Gasteiger partial charge >= 0.3 is 0 Å². The van der Waals surface area contributed by atoms with Gasteiger partial charge in [-0.3, -0.25) is 4.79 Å². The normalized spacial score (nSPS) is 13.8. The number of aromatic nitrogens is 2. The third-order valence-electron chi connectivity index (χ3n) is 5.39. The van der Waals surface area contributed by atoms with E-state index in [1.54, 1.807) is 19.1 Å². The molecule has 3 aromatic rings. The number of anilines is 1. The number of ether oxygens (including phenoxy) is 2. The molecule has 32 heavy (non-hydrogen) atoms. The molecule has 9 heteroatoms. The highest BCUT2D eigenvalue weighted by Gasteiger charge is 2.25. The molecule has 1 amide bonds. The zero-order valence-corrected chi connectivity index (χ0v) is 17.7. The molecule has 166 valence electrons. The van der Waals surface area contributed by atoms with Crippen molar-refractivity contribution in [2.24, 2.45) is 0 Å². The minimum absolute atomic E-state index is 0.128. The topological polar surface area (TPSA) is 67.8 Å². The molecule has 0 saturated carbocycles. The SMILES string of the molecule is COc1ccc(OC)c(-c2ccc(N3CCN(C(=O)c4ccc(F)cc4F)CC3)nn2)c1. The standard InChI is InChI=1S/C23H22F2N4O3/c1-31-16-4-7-21(32-2)18(14-16)20-6-8-22(27-26-20)28-9-11-29(12-10-28)23(30)17-5-3-15(24)13-19(17)25/h3-8,13-14H,9-12H2,1-2H3. The molecule has 1 aliphatic heterocycles. The van der Waals surface area contributed by atoms with Crippen LogP contribution in [0, 0.1) is 11.6 Å². The predicted molar refractivity (Wildman–Crippen MR) is 115 cm³/mol. The summed E-state index contributed by atoms with van der Waals surface area (Å²) >= 11 is 0. The van der Waals surface area contributed by atoms with Crippen LogP contribution in [-0.2, 0) is 0 Å². The van der Waals surface area contributed by atoms with Crippen molar-refractivity contribution in [2.45, 2.75) is 0 Å². The van der Waals surface area contributed by atoms with Crippen LogP contribution in [0.3, 0.4) is 0 Å². The molecule has 2 heterocycles. The summed E-state index contributed by atoms with van der Waals surface area (Å²) in [5, 5.41) is 8.67. The van der Waals surface area contributed by atoms with E-state index in [0.717, 1.165) is 17.7 Å². The number of carbonyl (C=O) groups is 1. The molecule has 1 saturated heterocycles. The molecule has 0 atom stereocenters. The van der Waals surface area contributed by atoms with Gasteiger partial charge in [0.15, 0.2) is 5.82 Å². The number of hydrogen-bond donors (Lipinski definition) is 0. The van der Waals surface area contributed by atoms with Gasteiger partial charge in [0.1, 0.15) is 23.1 Å². The van der Waals surface area contributed by atoms with Gasteiger partial charge in [0.2, 0.25) is 0 Å². The molecule has 0 radical (unpaired) electrons. The zero-order chi connectivity index (χ0) is 22.7. The molecule has 0 N–H and O–H groups in total. The Balaban J connectivity index is 1.44. The summed E-state index contributed by atoms with van der Waals surface area (Å²) in [7, 11) is 3.18. The Morgan fingerprint density at radius 2 is 1.69 bits per heavy atom. The van der Waals surface area contributed by atoms with Crippen LogP contribution < -0.4 is 14.4 Å². The number of rotatable bonds is 5. The quantitative estimate of drug-likeness (QED) is 0.606. The summed E-state index contributed by atoms with van der Waals surface area (Å²) in [6.45, 7) is 1.82. The largest absolute Gasteiger partial charge is 0.497 e. The average molecular weight is 440 g/mol. The third-order valence-corrected chi connectivity index (χ3v) is 5.39. The third kappa shape index (κ3) is 4.32. The van der Waals surface area contributed by atoms with E-state index in [4.69, 9.17) is 9.47 Å². The fourth-order valence-corrected chi connectivity index (χ4v) is 3.62. The van der Waals surface area contributed by atoms with Gasteiger partial charge in [0.25, 0.3) is 5.91 Å². The van der Waals surface area contributed by atoms with Crippen LogP contribution in [-0.4, -0.2) is 61.4 Å². The van der Waals surface area contributed by atoms with Crippen LogP contribution in [0.4, 0.5) is 14.6 Å². The van der Waals surface area contributed by atoms with Crippen molar-refractivity contribution in [1.82, 2.24) is 15.1 Å². The van der Waals surface area contributed by atoms with Gasteiger partial charge in [-0.05, 0) is 42.5 Å². The summed E-state index contributed by atoms with van der Waals surface area (Å²) in [6.07, 6.45) is 0. The number of hydrogen-bond acceptors (Lipinski definition) is 6. The number of benzene rings is 2. The van der Waals surface area contributed by atoms with Gasteiger partial charge in [-0.2, -0.15) is 0 Å². The minimum Gasteiger partial charge on any atom is -0.497 e. The summed E-state index contributed by atoms with van der Waals surface area (Å²) < 4.78 is 37.8. The van der Waals surface area contributed by atoms with Crippen molar-refractivity contribution in [3.8, 4) is 22.8 Å². The second-order valence-corrected chi connectivity index (χ2v) is 7.25. The number of halogens is 2. The number of methoxy groups -OCH3 is 2. The van der Waals surface area contributed by atoms with Crippen molar-refractivity contribution in [2.75, 3.05) is 45.3 Å². The Morgan fingerprint density at radius 3 is 2.31 bits per heavy atom. The highest BCUT2D eigenvalue weighted by Crippen LogP contribution is 2.32. The van der Waals surface area contributed by atoms with Gasteiger partial charge in [0.05, 0.1) is 25.5 Å². The van der Waals surface area contributed by atoms with E-state index in [2.05, 4.69) is 10.2 Å². The second kappa shape index (κ2) is 9.17. The van der Waals surface area contributed by atoms with E-state index >= 15 is 0 Å². The van der Waals surface area contributed by atoms with E-state index in [1.165, 1.54) is 6.07 Å². The van der Waals surface area contributed by atoms with Gasteiger partial charge in [0, 0.05) is 37.8 Å². The van der Waals surface area contributed by atoms with E-state index in [9.17, 15) is 13.6 Å². The summed E-state index contributed by atoms with van der Waals surface area (Å²) in [6, 6.07) is 12.1. The summed E-state index contributed by atoms with van der Waals surface area (Å²) in [5.74, 6) is 0.00625. The molecule has 7 nitrogen and oxygen atoms in total. The van der Waals surface area contributed by atoms with Crippen molar-refractivity contribution in [1.29, 1.82) is 0 Å². The van der Waals surface area contributed by atoms with Crippen LogP contribution in [0.1, 0.15) is 10.4 Å². The first-order chi connectivity index (χ1) is 15.5. The van der Waals surface area contributed by atoms with Gasteiger partial charge in [-0.15, -0.1) is 10.2 Å². The molecule has 0 unspecified atom stereocenters. The van der Waals surface area contributed by atoms with Gasteiger partial charge in [-0.25, -0.2) is 8.78 Å². The first-order valence-electron chi connectivity index (χ1n) is 10.1. The molecule has 2 aromatic carbocycles. The van der Waals surface area contributed by atoms with Crippen molar-refractivity contribution >= 4 is 11.7 Å². The van der Waals surface area contributed by atoms with Crippen LogP contribution >= 0.6 is 0 Å². The van der Waals surface area contributed by atoms with E-state index in [-0.39, 0.29) is 5.56 Å². The molecule has 0 aliphatic carbocycles. The molecule has 0 bridgehead atoms. The highest BCUT2D eigenvalue weighted by molar-refractivity contribution is 5.94. The Hall–Kier alpha value is -3.75. The Kier molecular flexibility index (Phi) is 6.16. The lowest BCUT2D eigenvalue weighted by Crippen LogP contribution is -2.49. The number of nitrogens with zero attached hydrogens (tertiary/aromatic N) is 4. The lowest BCUT2D eigenvalue weighted by Gasteiger charge is -2.35. The van der Waals surface area contributed by atoms with Crippen LogP contribution in [0.5, 0.6) is 11.5 Å². The van der Waals surface area contributed by atoms with Crippen molar-refractivity contribution < 1.29 is 23.0 Å². The summed E-state index contributed by atoms with van der Waals surface area (Å²) in [4.78, 5) is 16.1. The molecular weight excluding hydrogens is 418 g/mol. The van der Waals surface area contributed by atoms with Crippen LogP contribution in [0.25, 0.3) is 11.3 Å². The predicted octanol–water partition coefficient (Wildman–Crippen LogP) is 3.40. The molecule has 1 fully saturated rings. The fraction of sp³-hybridized carbons (Fsp3) is 0.261. The highest BCUT2D eigenvalue weighted by atomic mass is 19.1. The molecule has 1 aliphatic rings. The number of piperazine rings is 1. The number of amides is 1. The average Bonchev–Trinajstić information content (AvgIpc) is 2.83. The first-order valence-corrected chi connectivity index (χ1v) is 10.1. The second-order valence-electron chi connectivity index (χ2n) is 7.25. The summed E-state index contributed by atoms with van der Waals surface area (Å²) in [5.41, 5.74) is 1.28. The lowest BCUT2D eigenvalue weighted by atomic mass is 10.1. The Labute approximate surface area is 184 Å². The maximum atomic E-state index is 13.9. The monoisotopic (exact) mass is 440 g/mol. The Morgan fingerprint density at radius 1 is 0.906 bits per heavy atom. The van der Waals surface area contributed by atoms with Gasteiger partial charge in [-0.1, -0.05) is 0 Å². The van der Waals surface area contributed by atoms with E-state index in [1.807, 2.05) is 35.2 Å². The number of carbonyl (C=O) groups excluding carboxylic acids is 1. The van der Waals surface area contributed by atoms with Crippen LogP contribution in [0.2, 0.25) is 0 Å². The maximum absolute atomic E-state index is 13.9. The van der Waals surface area contributed by atoms with Crippen molar-refractivity contribution in [3.05, 3.63) is 65.7 Å². The van der Waals surface area contributed by atoms with Gasteiger partial charge < -0.3 is 19.3 Å². The zero-order valence-electron chi connectivity index (χ0n) is 17.7. The maximum Gasteiger partial charge on any atom is 0.256 e. The minimum atomic E-state index is -0.855. The fourth-order valence-electron chi connectivity index (χ4n) is 3.62. The van der Waals surface area contributed by atoms with E-state index in [0.29, 0.717) is 49.2 Å². The lowest BCUT2D eigenvalue weighted by molar-refractivity contribution is 0.0741. The first kappa shape index (κ1) is 21.5. The molecule has 4 rings (SSSR count). The smallest absolute Gasteiger partial charge is 0.256 e. The molecule has 1 aromatic heterocycles. The Bertz CT molecular complexity index is 1120. The molecular formula is C23H22F2N4O3. The van der Waals surface area contributed by atoms with Crippen molar-refractivity contribution in [3.63, 3.8) is 0 Å². The molecule has 0 spiro atoms. The van der Waals surface area contributed by atoms with E-state index < -0.39 is 17.5 Å².